The molecule has 1 aromatic carbocycles. The lowest BCUT2D eigenvalue weighted by Gasteiger charge is -2.17. The van der Waals surface area contributed by atoms with E-state index >= 15 is 0 Å². The first-order chi connectivity index (χ1) is 12.5. The molecule has 0 saturated carbocycles. The van der Waals surface area contributed by atoms with Crippen molar-refractivity contribution in [3.8, 4) is 11.5 Å². The Labute approximate surface area is 152 Å². The van der Waals surface area contributed by atoms with Crippen molar-refractivity contribution in [2.45, 2.75) is 36.3 Å². The van der Waals surface area contributed by atoms with E-state index in [9.17, 15) is 13.2 Å². The maximum Gasteiger partial charge on any atom is 0.231 e. The fourth-order valence-corrected chi connectivity index (χ4v) is 4.29. The predicted octanol–water partition coefficient (Wildman–Crippen LogP) is 2.83. The third-order valence-electron chi connectivity index (χ3n) is 4.15. The predicted molar refractivity (Wildman–Crippen MR) is 93.7 cm³/mol. The van der Waals surface area contributed by atoms with Gasteiger partial charge in [0, 0.05) is 19.0 Å². The molecule has 0 fully saturated rings. The summed E-state index contributed by atoms with van der Waals surface area (Å²) in [5, 5.41) is 1.68. The zero-order chi connectivity index (χ0) is 18.6. The molecule has 140 valence electrons. The van der Waals surface area contributed by atoms with Crippen molar-refractivity contribution in [2.24, 2.45) is 0 Å². The fraction of sp³-hybridized carbons (Fsp3) is 0.389. The van der Waals surface area contributed by atoms with Gasteiger partial charge in [0.15, 0.2) is 21.3 Å². The third-order valence-corrected chi connectivity index (χ3v) is 6.21. The number of benzene rings is 1. The Bertz CT molecular complexity index is 860. The van der Waals surface area contributed by atoms with E-state index in [1.165, 1.54) is 18.4 Å². The lowest BCUT2D eigenvalue weighted by atomic mass is 10.2. The number of rotatable bonds is 8. The molecule has 1 aliphatic heterocycles. The van der Waals surface area contributed by atoms with Gasteiger partial charge in [0.05, 0.1) is 11.2 Å². The summed E-state index contributed by atoms with van der Waals surface area (Å²) in [5.74, 6) is 0.991. The van der Waals surface area contributed by atoms with E-state index in [1.54, 1.807) is 18.2 Å². The molecule has 0 spiro atoms. The monoisotopic (exact) mass is 379 g/mol. The molecule has 0 bridgehead atoms. The zero-order valence-corrected chi connectivity index (χ0v) is 15.3. The molecule has 1 N–H and O–H groups in total. The Morgan fingerprint density at radius 3 is 2.77 bits per heavy atom. The van der Waals surface area contributed by atoms with Crippen LogP contribution in [-0.2, 0) is 14.6 Å². The average Bonchev–Trinajstić information content (AvgIpc) is 3.30. The van der Waals surface area contributed by atoms with Gasteiger partial charge in [-0.3, -0.25) is 4.79 Å². The van der Waals surface area contributed by atoms with Gasteiger partial charge in [-0.2, -0.15) is 0 Å². The van der Waals surface area contributed by atoms with Gasteiger partial charge >= 0.3 is 0 Å². The standard InChI is InChI=1S/C18H21NO6S/c1-2-3-6-18(20)19-11-17(15-5-4-9-23-15)26(21,22)13-7-8-14-16(10-13)25-12-24-14/h4-5,7-10,17H,2-3,6,11-12H2,1H3,(H,19,20)/t17-/m1/s1. The van der Waals surface area contributed by atoms with Gasteiger partial charge < -0.3 is 19.2 Å². The topological polar surface area (TPSA) is 94.8 Å². The number of fused-ring (bicyclic) bond motifs is 1. The zero-order valence-electron chi connectivity index (χ0n) is 14.4. The van der Waals surface area contributed by atoms with E-state index in [-0.39, 0.29) is 29.9 Å². The summed E-state index contributed by atoms with van der Waals surface area (Å²) in [4.78, 5) is 12.0. The Morgan fingerprint density at radius 2 is 2.04 bits per heavy atom. The van der Waals surface area contributed by atoms with Gasteiger partial charge in [-0.15, -0.1) is 0 Å². The lowest BCUT2D eigenvalue weighted by Crippen LogP contribution is -2.31. The average molecular weight is 379 g/mol. The largest absolute Gasteiger partial charge is 0.468 e. The van der Waals surface area contributed by atoms with Crippen molar-refractivity contribution in [3.05, 3.63) is 42.4 Å². The number of ether oxygens (including phenoxy) is 2. The molecule has 0 saturated heterocycles. The molecule has 0 unspecified atom stereocenters. The highest BCUT2D eigenvalue weighted by atomic mass is 32.2. The van der Waals surface area contributed by atoms with Crippen LogP contribution in [0.3, 0.4) is 0 Å². The Hall–Kier alpha value is -2.48. The Morgan fingerprint density at radius 1 is 1.23 bits per heavy atom. The minimum atomic E-state index is -3.81. The first kappa shape index (κ1) is 18.3. The summed E-state index contributed by atoms with van der Waals surface area (Å²) >= 11 is 0. The highest BCUT2D eigenvalue weighted by Gasteiger charge is 2.33. The fourth-order valence-electron chi connectivity index (χ4n) is 2.69. The summed E-state index contributed by atoms with van der Waals surface area (Å²) in [7, 11) is -3.81. The van der Waals surface area contributed by atoms with Crippen LogP contribution in [0.15, 0.2) is 45.9 Å². The Kier molecular flexibility index (Phi) is 5.51. The minimum Gasteiger partial charge on any atom is -0.468 e. The summed E-state index contributed by atoms with van der Waals surface area (Å²) in [6, 6.07) is 7.68. The highest BCUT2D eigenvalue weighted by Crippen LogP contribution is 2.37. The molecule has 2 heterocycles. The SMILES string of the molecule is CCCCC(=O)NC[C@H](c1ccco1)S(=O)(=O)c1ccc2c(c1)OCO2. The van der Waals surface area contributed by atoms with Crippen LogP contribution < -0.4 is 14.8 Å². The molecule has 7 nitrogen and oxygen atoms in total. The first-order valence-corrected chi connectivity index (χ1v) is 10.0. The van der Waals surface area contributed by atoms with Crippen molar-refractivity contribution in [1.82, 2.24) is 5.32 Å². The highest BCUT2D eigenvalue weighted by molar-refractivity contribution is 7.91. The van der Waals surface area contributed by atoms with Crippen LogP contribution in [-0.4, -0.2) is 27.7 Å². The van der Waals surface area contributed by atoms with Crippen molar-refractivity contribution in [2.75, 3.05) is 13.3 Å². The summed E-state index contributed by atoms with van der Waals surface area (Å²) in [5.41, 5.74) is 0. The number of unbranched alkanes of at least 4 members (excludes halogenated alkanes) is 1. The number of nitrogens with one attached hydrogen (secondary N) is 1. The summed E-state index contributed by atoms with van der Waals surface area (Å²) in [6.07, 6.45) is 3.43. The molecule has 26 heavy (non-hydrogen) atoms. The van der Waals surface area contributed by atoms with Crippen molar-refractivity contribution >= 4 is 15.7 Å². The first-order valence-electron chi connectivity index (χ1n) is 8.46. The van der Waals surface area contributed by atoms with Gasteiger partial charge in [-0.1, -0.05) is 13.3 Å². The second-order valence-electron chi connectivity index (χ2n) is 5.97. The van der Waals surface area contributed by atoms with Crippen LogP contribution in [0.5, 0.6) is 11.5 Å². The molecular weight excluding hydrogens is 358 g/mol. The van der Waals surface area contributed by atoms with Gasteiger partial charge in [0.1, 0.15) is 11.0 Å². The number of hydrogen-bond acceptors (Lipinski definition) is 6. The van der Waals surface area contributed by atoms with Crippen LogP contribution in [0.2, 0.25) is 0 Å². The second kappa shape index (κ2) is 7.82. The molecule has 1 atom stereocenters. The molecule has 0 radical (unpaired) electrons. The van der Waals surface area contributed by atoms with E-state index < -0.39 is 15.1 Å². The summed E-state index contributed by atoms with van der Waals surface area (Å²) < 4.78 is 42.1. The van der Waals surface area contributed by atoms with Crippen molar-refractivity contribution in [1.29, 1.82) is 0 Å². The molecule has 1 aromatic heterocycles. The number of furan rings is 1. The number of sulfone groups is 1. The molecule has 1 aliphatic rings. The van der Waals surface area contributed by atoms with Gasteiger partial charge in [-0.25, -0.2) is 8.42 Å². The maximum atomic E-state index is 13.1. The van der Waals surface area contributed by atoms with Crippen LogP contribution in [0.4, 0.5) is 0 Å². The molecule has 1 amide bonds. The summed E-state index contributed by atoms with van der Waals surface area (Å²) in [6.45, 7) is 1.99. The molecule has 2 aromatic rings. The number of amides is 1. The maximum absolute atomic E-state index is 13.1. The second-order valence-corrected chi connectivity index (χ2v) is 8.10. The van der Waals surface area contributed by atoms with Crippen LogP contribution in [0.1, 0.15) is 37.2 Å². The van der Waals surface area contributed by atoms with Crippen LogP contribution >= 0.6 is 0 Å². The molecule has 0 aliphatic carbocycles. The van der Waals surface area contributed by atoms with Crippen LogP contribution in [0, 0.1) is 0 Å². The van der Waals surface area contributed by atoms with Gasteiger partial charge in [0.25, 0.3) is 0 Å². The quantitative estimate of drug-likeness (QED) is 0.758. The van der Waals surface area contributed by atoms with E-state index in [2.05, 4.69) is 5.32 Å². The van der Waals surface area contributed by atoms with Gasteiger partial charge in [-0.05, 0) is 30.7 Å². The van der Waals surface area contributed by atoms with Crippen LogP contribution in [0.25, 0.3) is 0 Å². The number of carbonyl (C=O) groups excluding carboxylic acids is 1. The minimum absolute atomic E-state index is 0.0627. The Balaban J connectivity index is 1.85. The molecule has 3 rings (SSSR count). The molecular formula is C18H21NO6S. The van der Waals surface area contributed by atoms with Crippen molar-refractivity contribution in [3.63, 3.8) is 0 Å². The third kappa shape index (κ3) is 3.85. The smallest absolute Gasteiger partial charge is 0.231 e. The number of carbonyl (C=O) groups is 1. The van der Waals surface area contributed by atoms with E-state index in [0.29, 0.717) is 17.9 Å². The number of hydrogen-bond donors (Lipinski definition) is 1. The molecule has 8 heteroatoms. The van der Waals surface area contributed by atoms with Crippen molar-refractivity contribution < 1.29 is 27.1 Å². The lowest BCUT2D eigenvalue weighted by molar-refractivity contribution is -0.121. The van der Waals surface area contributed by atoms with Gasteiger partial charge in [0.2, 0.25) is 12.7 Å². The normalized spacial score (nSPS) is 14.2. The van der Waals surface area contributed by atoms with E-state index in [0.717, 1.165) is 12.8 Å². The van der Waals surface area contributed by atoms with E-state index in [4.69, 9.17) is 13.9 Å². The van der Waals surface area contributed by atoms with E-state index in [1.807, 2.05) is 6.92 Å².